The van der Waals surface area contributed by atoms with E-state index in [4.69, 9.17) is 16.7 Å². The van der Waals surface area contributed by atoms with E-state index in [0.29, 0.717) is 12.1 Å². The first-order chi connectivity index (χ1) is 10.6. The number of carboxylic acid groups (broad SMARTS) is 1. The van der Waals surface area contributed by atoms with Crippen molar-refractivity contribution in [2.24, 2.45) is 0 Å². The third kappa shape index (κ3) is 4.88. The molecular formula is C14H15ClF2N2O4. The van der Waals surface area contributed by atoms with Crippen LogP contribution in [0, 0.1) is 11.6 Å². The lowest BCUT2D eigenvalue weighted by Crippen LogP contribution is -2.46. The molecule has 1 atom stereocenters. The molecule has 2 N–H and O–H groups in total. The third-order valence-corrected chi connectivity index (χ3v) is 3.37. The monoisotopic (exact) mass is 348 g/mol. The Bertz CT molecular complexity index is 639. The van der Waals surface area contributed by atoms with Gasteiger partial charge in [-0.15, -0.1) is 0 Å². The van der Waals surface area contributed by atoms with E-state index in [1.807, 2.05) is 0 Å². The number of carbonyl (C=O) groups excluding carboxylic acids is 2. The molecule has 2 amide bonds. The van der Waals surface area contributed by atoms with Crippen LogP contribution in [0.5, 0.6) is 0 Å². The normalized spacial score (nSPS) is 11.7. The van der Waals surface area contributed by atoms with Gasteiger partial charge in [-0.25, -0.2) is 13.6 Å². The minimum absolute atomic E-state index is 0.0000107. The number of hydrogen-bond donors (Lipinski definition) is 2. The number of hydrogen-bond acceptors (Lipinski definition) is 3. The molecule has 0 aromatic heterocycles. The summed E-state index contributed by atoms with van der Waals surface area (Å²) in [6.45, 7) is 2.38. The van der Waals surface area contributed by atoms with Crippen molar-refractivity contribution in [3.8, 4) is 0 Å². The Kier molecular flexibility index (Phi) is 6.44. The Morgan fingerprint density at radius 2 is 1.87 bits per heavy atom. The van der Waals surface area contributed by atoms with Crippen molar-refractivity contribution < 1.29 is 28.3 Å². The van der Waals surface area contributed by atoms with Gasteiger partial charge in [0, 0.05) is 20.0 Å². The van der Waals surface area contributed by atoms with Gasteiger partial charge in [0.1, 0.15) is 6.04 Å². The highest BCUT2D eigenvalue weighted by molar-refractivity contribution is 6.33. The van der Waals surface area contributed by atoms with Crippen LogP contribution in [0.25, 0.3) is 0 Å². The van der Waals surface area contributed by atoms with E-state index in [1.54, 1.807) is 0 Å². The molecule has 0 aliphatic carbocycles. The maximum atomic E-state index is 13.3. The lowest BCUT2D eigenvalue weighted by molar-refractivity contribution is -0.141. The Balaban J connectivity index is 3.10. The van der Waals surface area contributed by atoms with Crippen LogP contribution in [0.1, 0.15) is 24.2 Å². The van der Waals surface area contributed by atoms with E-state index in [-0.39, 0.29) is 29.6 Å². The number of carboxylic acids is 1. The van der Waals surface area contributed by atoms with Crippen molar-refractivity contribution in [2.45, 2.75) is 19.9 Å². The maximum absolute atomic E-state index is 13.3. The molecule has 1 aromatic carbocycles. The van der Waals surface area contributed by atoms with Crippen LogP contribution < -0.4 is 5.32 Å². The van der Waals surface area contributed by atoms with Crippen LogP contribution >= 0.6 is 11.6 Å². The molecule has 6 nitrogen and oxygen atoms in total. The van der Waals surface area contributed by atoms with Crippen molar-refractivity contribution >= 4 is 29.4 Å². The number of amides is 2. The molecule has 0 aliphatic heterocycles. The lowest BCUT2D eigenvalue weighted by Gasteiger charge is -2.27. The SMILES string of the molecule is CC(=O)NCCN(C(=O)c1cc(F)c(F)cc1Cl)C(C)C(=O)O. The second-order valence-corrected chi connectivity index (χ2v) is 5.15. The van der Waals surface area contributed by atoms with Gasteiger partial charge in [-0.2, -0.15) is 0 Å². The Hall–Kier alpha value is -2.22. The van der Waals surface area contributed by atoms with Gasteiger partial charge in [0.05, 0.1) is 10.6 Å². The third-order valence-electron chi connectivity index (χ3n) is 3.05. The number of nitrogens with one attached hydrogen (secondary N) is 1. The number of nitrogens with zero attached hydrogens (tertiary/aromatic N) is 1. The minimum Gasteiger partial charge on any atom is -0.480 e. The second-order valence-electron chi connectivity index (χ2n) is 4.74. The number of rotatable bonds is 6. The van der Waals surface area contributed by atoms with E-state index < -0.39 is 29.6 Å². The summed E-state index contributed by atoms with van der Waals surface area (Å²) in [6.07, 6.45) is 0. The Labute approximate surface area is 136 Å². The molecule has 0 saturated heterocycles. The largest absolute Gasteiger partial charge is 0.480 e. The highest BCUT2D eigenvalue weighted by atomic mass is 35.5. The number of halogens is 3. The van der Waals surface area contributed by atoms with Gasteiger partial charge in [-0.05, 0) is 19.1 Å². The molecule has 0 radical (unpaired) electrons. The van der Waals surface area contributed by atoms with Crippen LogP contribution in [0.3, 0.4) is 0 Å². The van der Waals surface area contributed by atoms with Crippen molar-refractivity contribution in [2.75, 3.05) is 13.1 Å². The molecule has 126 valence electrons. The lowest BCUT2D eigenvalue weighted by atomic mass is 10.1. The zero-order chi connectivity index (χ0) is 17.7. The number of aliphatic carboxylic acids is 1. The van der Waals surface area contributed by atoms with Crippen LogP contribution in [-0.2, 0) is 9.59 Å². The summed E-state index contributed by atoms with van der Waals surface area (Å²) in [7, 11) is 0. The average molecular weight is 349 g/mol. The first-order valence-electron chi connectivity index (χ1n) is 6.58. The first kappa shape index (κ1) is 18.8. The van der Waals surface area contributed by atoms with Crippen LogP contribution in [0.15, 0.2) is 12.1 Å². The summed E-state index contributed by atoms with van der Waals surface area (Å²) in [5.41, 5.74) is -0.360. The highest BCUT2D eigenvalue weighted by Crippen LogP contribution is 2.22. The van der Waals surface area contributed by atoms with Gasteiger partial charge < -0.3 is 15.3 Å². The van der Waals surface area contributed by atoms with Crippen LogP contribution in [0.2, 0.25) is 5.02 Å². The van der Waals surface area contributed by atoms with Crippen LogP contribution in [-0.4, -0.2) is 46.9 Å². The van der Waals surface area contributed by atoms with E-state index in [9.17, 15) is 23.2 Å². The van der Waals surface area contributed by atoms with Gasteiger partial charge in [-0.3, -0.25) is 9.59 Å². The highest BCUT2D eigenvalue weighted by Gasteiger charge is 2.28. The summed E-state index contributed by atoms with van der Waals surface area (Å²) < 4.78 is 26.4. The molecular weight excluding hydrogens is 334 g/mol. The Morgan fingerprint density at radius 3 is 2.39 bits per heavy atom. The molecule has 1 unspecified atom stereocenters. The van der Waals surface area contributed by atoms with Crippen molar-refractivity contribution in [1.29, 1.82) is 0 Å². The van der Waals surface area contributed by atoms with E-state index in [1.165, 1.54) is 13.8 Å². The van der Waals surface area contributed by atoms with Gasteiger partial charge >= 0.3 is 5.97 Å². The average Bonchev–Trinajstić information content (AvgIpc) is 2.45. The van der Waals surface area contributed by atoms with Crippen molar-refractivity contribution in [3.05, 3.63) is 34.4 Å². The second kappa shape index (κ2) is 7.87. The summed E-state index contributed by atoms with van der Waals surface area (Å²) >= 11 is 5.74. The van der Waals surface area contributed by atoms with E-state index in [2.05, 4.69) is 5.32 Å². The quantitative estimate of drug-likeness (QED) is 0.766. The Morgan fingerprint density at radius 1 is 1.30 bits per heavy atom. The predicted octanol–water partition coefficient (Wildman–Crippen LogP) is 1.67. The predicted molar refractivity (Wildman–Crippen MR) is 78.2 cm³/mol. The summed E-state index contributed by atoms with van der Waals surface area (Å²) in [6, 6.07) is 0.00192. The summed E-state index contributed by atoms with van der Waals surface area (Å²) in [5, 5.41) is 11.2. The van der Waals surface area contributed by atoms with Crippen molar-refractivity contribution in [1.82, 2.24) is 10.2 Å². The van der Waals surface area contributed by atoms with Gasteiger partial charge in [0.25, 0.3) is 5.91 Å². The zero-order valence-electron chi connectivity index (χ0n) is 12.4. The van der Waals surface area contributed by atoms with Gasteiger partial charge in [0.2, 0.25) is 5.91 Å². The zero-order valence-corrected chi connectivity index (χ0v) is 13.2. The number of carbonyl (C=O) groups is 3. The van der Waals surface area contributed by atoms with Gasteiger partial charge in [0.15, 0.2) is 11.6 Å². The maximum Gasteiger partial charge on any atom is 0.326 e. The van der Waals surface area contributed by atoms with E-state index in [0.717, 1.165) is 4.90 Å². The standard InChI is InChI=1S/C14H15ClF2N2O4/c1-7(14(22)23)19(4-3-18-8(2)20)13(21)9-5-11(16)12(17)6-10(9)15/h5-7H,3-4H2,1-2H3,(H,18,20)(H,22,23). The molecule has 0 fully saturated rings. The summed E-state index contributed by atoms with van der Waals surface area (Å²) in [4.78, 5) is 35.3. The molecule has 9 heteroatoms. The topological polar surface area (TPSA) is 86.7 Å². The van der Waals surface area contributed by atoms with E-state index >= 15 is 0 Å². The molecule has 0 heterocycles. The molecule has 0 aliphatic rings. The van der Waals surface area contributed by atoms with Crippen LogP contribution in [0.4, 0.5) is 8.78 Å². The summed E-state index contributed by atoms with van der Waals surface area (Å²) in [5.74, 6) is -5.02. The minimum atomic E-state index is -1.29. The number of benzene rings is 1. The fraction of sp³-hybridized carbons (Fsp3) is 0.357. The molecule has 0 spiro atoms. The van der Waals surface area contributed by atoms with Crippen molar-refractivity contribution in [3.63, 3.8) is 0 Å². The molecule has 1 rings (SSSR count). The fourth-order valence-corrected chi connectivity index (χ4v) is 2.03. The molecule has 1 aromatic rings. The fourth-order valence-electron chi connectivity index (χ4n) is 1.80. The molecule has 0 bridgehead atoms. The smallest absolute Gasteiger partial charge is 0.326 e. The molecule has 23 heavy (non-hydrogen) atoms. The van der Waals surface area contributed by atoms with Gasteiger partial charge in [-0.1, -0.05) is 11.6 Å². The first-order valence-corrected chi connectivity index (χ1v) is 6.95. The molecule has 0 saturated carbocycles.